The fraction of sp³-hybridized carbons (Fsp3) is 0.600. The van der Waals surface area contributed by atoms with Crippen LogP contribution in [0.25, 0.3) is 0 Å². The van der Waals surface area contributed by atoms with E-state index in [1.165, 1.54) is 12.0 Å². The van der Waals surface area contributed by atoms with E-state index in [4.69, 9.17) is 0 Å². The molecule has 1 fully saturated rings. The molecule has 2 nitrogen and oxygen atoms in total. The van der Waals surface area contributed by atoms with Gasteiger partial charge in [-0.2, -0.15) is 0 Å². The highest BCUT2D eigenvalue weighted by Crippen LogP contribution is 2.28. The molecule has 0 amide bonds. The van der Waals surface area contributed by atoms with E-state index in [-0.39, 0.29) is 0 Å². The van der Waals surface area contributed by atoms with Gasteiger partial charge in [0.2, 0.25) is 0 Å². The van der Waals surface area contributed by atoms with Crippen molar-refractivity contribution in [2.75, 3.05) is 11.9 Å². The minimum Gasteiger partial charge on any atom is -0.388 e. The van der Waals surface area contributed by atoms with Crippen molar-refractivity contribution < 1.29 is 5.11 Å². The number of aliphatic hydroxyl groups is 1. The monoisotopic (exact) mass is 233 g/mol. The van der Waals surface area contributed by atoms with Crippen LogP contribution >= 0.6 is 0 Å². The predicted octanol–water partition coefficient (Wildman–Crippen LogP) is 3.36. The summed E-state index contributed by atoms with van der Waals surface area (Å²) in [6, 6.07) is 8.46. The Balaban J connectivity index is 1.92. The number of anilines is 1. The van der Waals surface area contributed by atoms with Crippen molar-refractivity contribution in [3.05, 3.63) is 29.8 Å². The molecule has 1 aliphatic carbocycles. The van der Waals surface area contributed by atoms with Crippen molar-refractivity contribution in [1.29, 1.82) is 0 Å². The molecule has 0 atom stereocenters. The quantitative estimate of drug-likeness (QED) is 0.836. The third kappa shape index (κ3) is 3.47. The predicted molar refractivity (Wildman–Crippen MR) is 72.3 cm³/mol. The third-order valence-electron chi connectivity index (χ3n) is 3.74. The molecule has 1 aromatic carbocycles. The maximum atomic E-state index is 10.4. The van der Waals surface area contributed by atoms with E-state index in [1.54, 1.807) is 0 Å². The van der Waals surface area contributed by atoms with Gasteiger partial charge in [-0.25, -0.2) is 0 Å². The number of hydrogen-bond donors (Lipinski definition) is 2. The van der Waals surface area contributed by atoms with Gasteiger partial charge in [0.05, 0.1) is 5.60 Å². The summed E-state index contributed by atoms with van der Waals surface area (Å²) in [6.07, 6.45) is 6.52. The van der Waals surface area contributed by atoms with Crippen LogP contribution < -0.4 is 5.32 Å². The van der Waals surface area contributed by atoms with Crippen LogP contribution in [0.4, 0.5) is 5.69 Å². The molecule has 0 radical (unpaired) electrons. The van der Waals surface area contributed by atoms with Gasteiger partial charge in [-0.1, -0.05) is 38.3 Å². The molecule has 17 heavy (non-hydrogen) atoms. The molecule has 2 heteroatoms. The Hall–Kier alpha value is -1.02. The highest BCUT2D eigenvalue weighted by molar-refractivity contribution is 5.46. The molecule has 1 aromatic rings. The van der Waals surface area contributed by atoms with E-state index in [1.807, 2.05) is 0 Å². The topological polar surface area (TPSA) is 32.3 Å². The van der Waals surface area contributed by atoms with E-state index in [2.05, 4.69) is 36.5 Å². The van der Waals surface area contributed by atoms with E-state index in [9.17, 15) is 5.11 Å². The SMILES string of the molecule is CCc1cccc(NCC2(O)CCCCC2)c1. The average Bonchev–Trinajstić information content (AvgIpc) is 2.38. The van der Waals surface area contributed by atoms with Crippen molar-refractivity contribution in [3.8, 4) is 0 Å². The van der Waals surface area contributed by atoms with Crippen molar-refractivity contribution in [2.24, 2.45) is 0 Å². The molecule has 0 bridgehead atoms. The first kappa shape index (κ1) is 12.4. The van der Waals surface area contributed by atoms with Gasteiger partial charge < -0.3 is 10.4 Å². The minimum atomic E-state index is -0.486. The summed E-state index contributed by atoms with van der Waals surface area (Å²) in [5.74, 6) is 0. The molecule has 0 unspecified atom stereocenters. The second-order valence-electron chi connectivity index (χ2n) is 5.19. The summed E-state index contributed by atoms with van der Waals surface area (Å²) in [7, 11) is 0. The lowest BCUT2D eigenvalue weighted by atomic mass is 9.85. The number of hydrogen-bond acceptors (Lipinski definition) is 2. The van der Waals surface area contributed by atoms with Gasteiger partial charge in [-0.05, 0) is 37.0 Å². The fourth-order valence-corrected chi connectivity index (χ4v) is 2.55. The molecule has 0 saturated heterocycles. The van der Waals surface area contributed by atoms with Crippen LogP contribution in [0.1, 0.15) is 44.6 Å². The second kappa shape index (κ2) is 5.54. The minimum absolute atomic E-state index is 0.486. The highest BCUT2D eigenvalue weighted by Gasteiger charge is 2.28. The first-order valence-corrected chi connectivity index (χ1v) is 6.77. The normalized spacial score (nSPS) is 18.9. The number of benzene rings is 1. The van der Waals surface area contributed by atoms with Crippen LogP contribution in [0.5, 0.6) is 0 Å². The Kier molecular flexibility index (Phi) is 4.06. The van der Waals surface area contributed by atoms with Crippen LogP contribution in [-0.2, 0) is 6.42 Å². The van der Waals surface area contributed by atoms with Crippen molar-refractivity contribution in [1.82, 2.24) is 0 Å². The average molecular weight is 233 g/mol. The first-order chi connectivity index (χ1) is 8.22. The van der Waals surface area contributed by atoms with Gasteiger partial charge in [0.1, 0.15) is 0 Å². The summed E-state index contributed by atoms with van der Waals surface area (Å²) in [5, 5.41) is 13.8. The lowest BCUT2D eigenvalue weighted by molar-refractivity contribution is 0.0167. The van der Waals surface area contributed by atoms with E-state index in [0.717, 1.165) is 37.8 Å². The Labute approximate surface area is 104 Å². The van der Waals surface area contributed by atoms with Gasteiger partial charge >= 0.3 is 0 Å². The van der Waals surface area contributed by atoms with Crippen LogP contribution in [-0.4, -0.2) is 17.3 Å². The number of aryl methyl sites for hydroxylation is 1. The first-order valence-electron chi connectivity index (χ1n) is 6.77. The van der Waals surface area contributed by atoms with Crippen LogP contribution in [0.15, 0.2) is 24.3 Å². The smallest absolute Gasteiger partial charge is 0.0819 e. The van der Waals surface area contributed by atoms with Crippen molar-refractivity contribution >= 4 is 5.69 Å². The number of rotatable bonds is 4. The standard InChI is InChI=1S/C15H23NO/c1-2-13-7-6-8-14(11-13)16-12-15(17)9-4-3-5-10-15/h6-8,11,16-17H,2-5,9-10,12H2,1H3. The summed E-state index contributed by atoms with van der Waals surface area (Å²) in [5.41, 5.74) is 1.98. The molecule has 2 rings (SSSR count). The molecule has 0 heterocycles. The van der Waals surface area contributed by atoms with Gasteiger partial charge in [0, 0.05) is 12.2 Å². The molecule has 0 spiro atoms. The Morgan fingerprint density at radius 1 is 1.24 bits per heavy atom. The molecule has 2 N–H and O–H groups in total. The largest absolute Gasteiger partial charge is 0.388 e. The Bertz CT molecular complexity index is 356. The molecule has 0 aromatic heterocycles. The fourth-order valence-electron chi connectivity index (χ4n) is 2.55. The molecular formula is C15H23NO. The summed E-state index contributed by atoms with van der Waals surface area (Å²) in [4.78, 5) is 0. The van der Waals surface area contributed by atoms with E-state index in [0.29, 0.717) is 6.54 Å². The van der Waals surface area contributed by atoms with Gasteiger partial charge in [0.25, 0.3) is 0 Å². The zero-order chi connectivity index (χ0) is 12.1. The third-order valence-corrected chi connectivity index (χ3v) is 3.74. The van der Waals surface area contributed by atoms with E-state index < -0.39 is 5.60 Å². The molecule has 1 saturated carbocycles. The lowest BCUT2D eigenvalue weighted by Crippen LogP contribution is -2.38. The van der Waals surface area contributed by atoms with Crippen LogP contribution in [0.2, 0.25) is 0 Å². The van der Waals surface area contributed by atoms with E-state index >= 15 is 0 Å². The van der Waals surface area contributed by atoms with Crippen molar-refractivity contribution in [3.63, 3.8) is 0 Å². The molecule has 94 valence electrons. The van der Waals surface area contributed by atoms with Gasteiger partial charge in [-0.3, -0.25) is 0 Å². The highest BCUT2D eigenvalue weighted by atomic mass is 16.3. The summed E-state index contributed by atoms with van der Waals surface area (Å²) >= 11 is 0. The maximum Gasteiger partial charge on any atom is 0.0819 e. The Morgan fingerprint density at radius 3 is 2.71 bits per heavy atom. The maximum absolute atomic E-state index is 10.4. The van der Waals surface area contributed by atoms with Crippen LogP contribution in [0.3, 0.4) is 0 Å². The van der Waals surface area contributed by atoms with Crippen molar-refractivity contribution in [2.45, 2.75) is 51.0 Å². The molecular weight excluding hydrogens is 210 g/mol. The summed E-state index contributed by atoms with van der Waals surface area (Å²) in [6.45, 7) is 2.84. The molecule has 1 aliphatic rings. The van der Waals surface area contributed by atoms with Gasteiger partial charge in [-0.15, -0.1) is 0 Å². The van der Waals surface area contributed by atoms with Crippen LogP contribution in [0, 0.1) is 0 Å². The number of nitrogens with one attached hydrogen (secondary N) is 1. The molecule has 0 aliphatic heterocycles. The zero-order valence-electron chi connectivity index (χ0n) is 10.7. The second-order valence-corrected chi connectivity index (χ2v) is 5.19. The lowest BCUT2D eigenvalue weighted by Gasteiger charge is -2.32. The Morgan fingerprint density at radius 2 is 2.00 bits per heavy atom. The summed E-state index contributed by atoms with van der Waals surface area (Å²) < 4.78 is 0. The van der Waals surface area contributed by atoms with Gasteiger partial charge in [0.15, 0.2) is 0 Å². The zero-order valence-corrected chi connectivity index (χ0v) is 10.7.